The number of hydrogen-bond acceptors (Lipinski definition) is 3. The molecule has 0 aromatic heterocycles. The van der Waals surface area contributed by atoms with Gasteiger partial charge in [0.15, 0.2) is 6.61 Å². The van der Waals surface area contributed by atoms with Gasteiger partial charge in [-0.05, 0) is 31.9 Å². The normalized spacial score (nSPS) is 27.9. The van der Waals surface area contributed by atoms with Crippen LogP contribution in [0.2, 0.25) is 0 Å². The number of fused-ring (bicyclic) bond motifs is 2. The van der Waals surface area contributed by atoms with Crippen molar-refractivity contribution >= 4 is 5.91 Å². The van der Waals surface area contributed by atoms with E-state index in [9.17, 15) is 4.79 Å². The summed E-state index contributed by atoms with van der Waals surface area (Å²) in [5, 5.41) is 0. The fraction of sp³-hybridized carbons (Fsp3) is 0.562. The van der Waals surface area contributed by atoms with Crippen LogP contribution in [-0.4, -0.2) is 42.7 Å². The molecule has 0 N–H and O–H groups in total. The van der Waals surface area contributed by atoms with Crippen LogP contribution in [0, 0.1) is 5.92 Å². The molecule has 2 bridgehead atoms. The van der Waals surface area contributed by atoms with Crippen molar-refractivity contribution in [3.05, 3.63) is 30.3 Å². The van der Waals surface area contributed by atoms with Crippen molar-refractivity contribution in [3.63, 3.8) is 0 Å². The molecule has 1 aromatic rings. The number of amides is 1. The minimum Gasteiger partial charge on any atom is -0.484 e. The molecule has 3 rings (SSSR count). The Labute approximate surface area is 119 Å². The van der Waals surface area contributed by atoms with Crippen molar-refractivity contribution < 1.29 is 14.3 Å². The molecule has 2 aliphatic rings. The monoisotopic (exact) mass is 275 g/mol. The molecular weight excluding hydrogens is 254 g/mol. The van der Waals surface area contributed by atoms with E-state index < -0.39 is 0 Å². The van der Waals surface area contributed by atoms with Gasteiger partial charge in [-0.1, -0.05) is 18.2 Å². The van der Waals surface area contributed by atoms with Gasteiger partial charge >= 0.3 is 0 Å². The predicted octanol–water partition coefficient (Wildman–Crippen LogP) is 2.09. The largest absolute Gasteiger partial charge is 0.484 e. The number of rotatable bonds is 5. The quantitative estimate of drug-likeness (QED) is 0.826. The van der Waals surface area contributed by atoms with Crippen LogP contribution < -0.4 is 4.74 Å². The van der Waals surface area contributed by atoms with Crippen LogP contribution in [0.5, 0.6) is 5.75 Å². The van der Waals surface area contributed by atoms with Crippen molar-refractivity contribution in [2.75, 3.05) is 19.8 Å². The molecule has 4 heteroatoms. The maximum absolute atomic E-state index is 12.3. The van der Waals surface area contributed by atoms with Gasteiger partial charge in [0.1, 0.15) is 5.75 Å². The van der Waals surface area contributed by atoms with Gasteiger partial charge in [-0.3, -0.25) is 4.79 Å². The number of carbonyl (C=O) groups excluding carboxylic acids is 1. The van der Waals surface area contributed by atoms with Gasteiger partial charge < -0.3 is 14.4 Å². The van der Waals surface area contributed by atoms with Gasteiger partial charge in [-0.25, -0.2) is 0 Å². The van der Waals surface area contributed by atoms with Crippen LogP contribution in [-0.2, 0) is 9.53 Å². The molecule has 1 aliphatic heterocycles. The van der Waals surface area contributed by atoms with Crippen LogP contribution in [0.15, 0.2) is 30.3 Å². The van der Waals surface area contributed by atoms with E-state index in [-0.39, 0.29) is 24.7 Å². The topological polar surface area (TPSA) is 38.8 Å². The Morgan fingerprint density at radius 1 is 1.30 bits per heavy atom. The number of hydrogen-bond donors (Lipinski definition) is 0. The Hall–Kier alpha value is -1.55. The van der Waals surface area contributed by atoms with Crippen molar-refractivity contribution in [1.29, 1.82) is 0 Å². The van der Waals surface area contributed by atoms with Gasteiger partial charge in [-0.15, -0.1) is 0 Å². The van der Waals surface area contributed by atoms with Crippen LogP contribution in [0.4, 0.5) is 0 Å². The van der Waals surface area contributed by atoms with Crippen molar-refractivity contribution in [2.24, 2.45) is 5.92 Å². The van der Waals surface area contributed by atoms with Crippen molar-refractivity contribution in [1.82, 2.24) is 4.90 Å². The van der Waals surface area contributed by atoms with Gasteiger partial charge in [0.2, 0.25) is 0 Å². The molecule has 0 spiro atoms. The first kappa shape index (κ1) is 13.4. The highest BCUT2D eigenvalue weighted by molar-refractivity contribution is 5.78. The predicted molar refractivity (Wildman–Crippen MR) is 75.6 cm³/mol. The van der Waals surface area contributed by atoms with Gasteiger partial charge in [-0.2, -0.15) is 0 Å². The highest BCUT2D eigenvalue weighted by Gasteiger charge is 2.49. The Morgan fingerprint density at radius 2 is 2.10 bits per heavy atom. The second kappa shape index (κ2) is 5.83. The molecule has 1 heterocycles. The second-order valence-corrected chi connectivity index (χ2v) is 5.47. The van der Waals surface area contributed by atoms with Crippen LogP contribution in [0.3, 0.4) is 0 Å². The zero-order valence-electron chi connectivity index (χ0n) is 11.8. The highest BCUT2D eigenvalue weighted by Crippen LogP contribution is 2.39. The lowest BCUT2D eigenvalue weighted by Gasteiger charge is -2.27. The fourth-order valence-corrected chi connectivity index (χ4v) is 3.42. The maximum atomic E-state index is 12.3. The van der Waals surface area contributed by atoms with Crippen LogP contribution in [0.1, 0.15) is 19.8 Å². The first-order valence-electron chi connectivity index (χ1n) is 7.38. The lowest BCUT2D eigenvalue weighted by atomic mass is 10.1. The number of benzene rings is 1. The summed E-state index contributed by atoms with van der Waals surface area (Å²) in [7, 11) is 0. The van der Waals surface area contributed by atoms with E-state index in [1.54, 1.807) is 0 Å². The smallest absolute Gasteiger partial charge is 0.260 e. The summed E-state index contributed by atoms with van der Waals surface area (Å²) in [6, 6.07) is 9.73. The Balaban J connectivity index is 1.56. The summed E-state index contributed by atoms with van der Waals surface area (Å²) < 4.78 is 11.3. The fourth-order valence-electron chi connectivity index (χ4n) is 3.42. The van der Waals surface area contributed by atoms with E-state index >= 15 is 0 Å². The number of carbonyl (C=O) groups is 1. The highest BCUT2D eigenvalue weighted by atomic mass is 16.5. The molecule has 108 valence electrons. The van der Waals surface area contributed by atoms with Crippen LogP contribution >= 0.6 is 0 Å². The minimum absolute atomic E-state index is 0.0748. The van der Waals surface area contributed by atoms with E-state index in [0.29, 0.717) is 5.92 Å². The lowest BCUT2D eigenvalue weighted by molar-refractivity contribution is -0.135. The first-order valence-corrected chi connectivity index (χ1v) is 7.38. The van der Waals surface area contributed by atoms with Gasteiger partial charge in [0, 0.05) is 19.1 Å². The molecule has 1 amide bonds. The Bertz CT molecular complexity index is 462. The zero-order chi connectivity index (χ0) is 13.9. The molecule has 2 fully saturated rings. The standard InChI is InChI=1S/C16H21NO3/c1-2-19-16-12-8-9-14(16)17(10-12)15(18)11-20-13-6-4-3-5-7-13/h3-7,12,14,16H,2,8-11H2,1H3/t12-,14+,16+/m0/s1. The molecule has 20 heavy (non-hydrogen) atoms. The summed E-state index contributed by atoms with van der Waals surface area (Å²) in [6.45, 7) is 3.68. The summed E-state index contributed by atoms with van der Waals surface area (Å²) in [6.07, 6.45) is 2.48. The molecular formula is C16H21NO3. The van der Waals surface area contributed by atoms with Crippen molar-refractivity contribution in [2.45, 2.75) is 31.9 Å². The maximum Gasteiger partial charge on any atom is 0.260 e. The molecule has 3 atom stereocenters. The number of nitrogens with zero attached hydrogens (tertiary/aromatic N) is 1. The zero-order valence-corrected chi connectivity index (χ0v) is 11.8. The second-order valence-electron chi connectivity index (χ2n) is 5.47. The molecule has 1 aromatic carbocycles. The van der Waals surface area contributed by atoms with E-state index in [2.05, 4.69) is 0 Å². The molecule has 0 unspecified atom stereocenters. The SMILES string of the molecule is CCO[C@@H]1[C@H]2CC[C@H]1N(C(=O)COc1ccccc1)C2. The lowest BCUT2D eigenvalue weighted by Crippen LogP contribution is -2.42. The number of likely N-dealkylation sites (tertiary alicyclic amines) is 1. The number of para-hydroxylation sites is 1. The molecule has 4 nitrogen and oxygen atoms in total. The van der Waals surface area contributed by atoms with E-state index in [4.69, 9.17) is 9.47 Å². The average Bonchev–Trinajstić information content (AvgIpc) is 3.03. The molecule has 0 radical (unpaired) electrons. The van der Waals surface area contributed by atoms with Gasteiger partial charge in [0.25, 0.3) is 5.91 Å². The molecule has 1 saturated carbocycles. The van der Waals surface area contributed by atoms with Gasteiger partial charge in [0.05, 0.1) is 12.1 Å². The van der Waals surface area contributed by atoms with Crippen LogP contribution in [0.25, 0.3) is 0 Å². The molecule has 1 aliphatic carbocycles. The van der Waals surface area contributed by atoms with E-state index in [0.717, 1.165) is 25.3 Å². The first-order chi connectivity index (χ1) is 9.79. The third-order valence-electron chi connectivity index (χ3n) is 4.29. The summed E-state index contributed by atoms with van der Waals surface area (Å²) in [4.78, 5) is 14.3. The Morgan fingerprint density at radius 3 is 2.85 bits per heavy atom. The van der Waals surface area contributed by atoms with Crippen molar-refractivity contribution in [3.8, 4) is 5.75 Å². The third kappa shape index (κ3) is 2.52. The summed E-state index contributed by atoms with van der Waals surface area (Å²) in [5.74, 6) is 1.33. The summed E-state index contributed by atoms with van der Waals surface area (Å²) in [5.41, 5.74) is 0. The minimum atomic E-state index is 0.0748. The number of ether oxygens (including phenoxy) is 2. The molecule has 1 saturated heterocycles. The average molecular weight is 275 g/mol. The van der Waals surface area contributed by atoms with E-state index in [1.807, 2.05) is 42.2 Å². The number of piperidine rings is 1. The summed E-state index contributed by atoms with van der Waals surface area (Å²) >= 11 is 0. The third-order valence-corrected chi connectivity index (χ3v) is 4.29. The van der Waals surface area contributed by atoms with E-state index in [1.165, 1.54) is 6.42 Å². The Kier molecular flexibility index (Phi) is 3.92.